The van der Waals surface area contributed by atoms with E-state index in [2.05, 4.69) is 15.5 Å². The largest absolute Gasteiger partial charge is 0.416 e. The van der Waals surface area contributed by atoms with Gasteiger partial charge in [-0.2, -0.15) is 18.2 Å². The van der Waals surface area contributed by atoms with Gasteiger partial charge in [0.05, 0.1) is 5.56 Å². The molecule has 1 saturated heterocycles. The lowest BCUT2D eigenvalue weighted by Gasteiger charge is -2.21. The molecule has 1 N–H and O–H groups in total. The Hall–Kier alpha value is -3.76. The van der Waals surface area contributed by atoms with Crippen molar-refractivity contribution in [1.82, 2.24) is 20.4 Å². The SMILES string of the molecule is CC1(c2ccc(F)cc2)NC(=O)N(Cc2nc(-c3ccc(C(F)(F)F)cc3)no2)C1=O. The molecule has 0 saturated carbocycles. The van der Waals surface area contributed by atoms with E-state index >= 15 is 0 Å². The maximum absolute atomic E-state index is 13.2. The van der Waals surface area contributed by atoms with Gasteiger partial charge in [-0.25, -0.2) is 9.18 Å². The fourth-order valence-corrected chi connectivity index (χ4v) is 3.20. The summed E-state index contributed by atoms with van der Waals surface area (Å²) >= 11 is 0. The minimum atomic E-state index is -4.47. The number of benzene rings is 2. The average Bonchev–Trinajstić information content (AvgIpc) is 3.27. The Balaban J connectivity index is 1.52. The Morgan fingerprint density at radius 1 is 1.06 bits per heavy atom. The summed E-state index contributed by atoms with van der Waals surface area (Å²) in [6.07, 6.45) is -4.47. The van der Waals surface area contributed by atoms with Gasteiger partial charge in [0.2, 0.25) is 11.7 Å². The first-order valence-corrected chi connectivity index (χ1v) is 8.98. The molecule has 1 unspecified atom stereocenters. The number of urea groups is 1. The molecule has 1 aliphatic rings. The lowest BCUT2D eigenvalue weighted by Crippen LogP contribution is -2.40. The van der Waals surface area contributed by atoms with Crippen molar-refractivity contribution in [1.29, 1.82) is 0 Å². The second-order valence-corrected chi connectivity index (χ2v) is 7.04. The number of alkyl halides is 3. The van der Waals surface area contributed by atoms with Gasteiger partial charge in [0.15, 0.2) is 0 Å². The van der Waals surface area contributed by atoms with Gasteiger partial charge in [-0.1, -0.05) is 29.4 Å². The van der Waals surface area contributed by atoms with E-state index in [9.17, 15) is 27.2 Å². The van der Waals surface area contributed by atoms with Crippen LogP contribution in [-0.4, -0.2) is 27.0 Å². The molecule has 2 aromatic carbocycles. The van der Waals surface area contributed by atoms with E-state index in [0.717, 1.165) is 17.0 Å². The van der Waals surface area contributed by atoms with Gasteiger partial charge in [0.25, 0.3) is 5.91 Å². The number of nitrogens with zero attached hydrogens (tertiary/aromatic N) is 3. The highest BCUT2D eigenvalue weighted by Gasteiger charge is 2.49. The van der Waals surface area contributed by atoms with Crippen molar-refractivity contribution < 1.29 is 31.7 Å². The first-order valence-electron chi connectivity index (χ1n) is 8.98. The molecule has 11 heteroatoms. The molecule has 160 valence electrons. The van der Waals surface area contributed by atoms with Crippen molar-refractivity contribution in [3.8, 4) is 11.4 Å². The Morgan fingerprint density at radius 2 is 1.71 bits per heavy atom. The van der Waals surface area contributed by atoms with Crippen LogP contribution in [0.25, 0.3) is 11.4 Å². The summed E-state index contributed by atoms with van der Waals surface area (Å²) in [4.78, 5) is 30.2. The summed E-state index contributed by atoms with van der Waals surface area (Å²) < 4.78 is 56.3. The van der Waals surface area contributed by atoms with Crippen LogP contribution in [-0.2, 0) is 23.1 Å². The molecular formula is C20H14F4N4O3. The van der Waals surface area contributed by atoms with Crippen LogP contribution in [0, 0.1) is 5.82 Å². The number of halogens is 4. The molecule has 1 aliphatic heterocycles. The quantitative estimate of drug-likeness (QED) is 0.498. The van der Waals surface area contributed by atoms with Gasteiger partial charge in [0, 0.05) is 5.56 Å². The Bertz CT molecular complexity index is 1140. The fourth-order valence-electron chi connectivity index (χ4n) is 3.20. The maximum Gasteiger partial charge on any atom is 0.416 e. The molecule has 4 rings (SSSR count). The van der Waals surface area contributed by atoms with Crippen molar-refractivity contribution in [3.05, 3.63) is 71.4 Å². The monoisotopic (exact) mass is 434 g/mol. The lowest BCUT2D eigenvalue weighted by atomic mass is 9.92. The zero-order valence-electron chi connectivity index (χ0n) is 15.9. The summed E-state index contributed by atoms with van der Waals surface area (Å²) in [6, 6.07) is 8.60. The van der Waals surface area contributed by atoms with Gasteiger partial charge in [-0.05, 0) is 36.8 Å². The second-order valence-electron chi connectivity index (χ2n) is 7.04. The number of amides is 3. The van der Waals surface area contributed by atoms with Crippen LogP contribution in [0.3, 0.4) is 0 Å². The molecule has 0 aliphatic carbocycles. The Kier molecular flexibility index (Phi) is 4.75. The van der Waals surface area contributed by atoms with Gasteiger partial charge < -0.3 is 9.84 Å². The zero-order chi connectivity index (χ0) is 22.4. The topological polar surface area (TPSA) is 88.3 Å². The van der Waals surface area contributed by atoms with E-state index in [1.807, 2.05) is 0 Å². The maximum atomic E-state index is 13.2. The first-order chi connectivity index (χ1) is 14.6. The van der Waals surface area contributed by atoms with Crippen LogP contribution in [0.4, 0.5) is 22.4 Å². The van der Waals surface area contributed by atoms with Crippen LogP contribution in [0.2, 0.25) is 0 Å². The molecule has 1 atom stereocenters. The molecule has 7 nitrogen and oxygen atoms in total. The van der Waals surface area contributed by atoms with Crippen LogP contribution in [0.15, 0.2) is 53.1 Å². The predicted octanol–water partition coefficient (Wildman–Crippen LogP) is 3.86. The third-order valence-corrected chi connectivity index (χ3v) is 4.93. The van der Waals surface area contributed by atoms with Gasteiger partial charge in [-0.15, -0.1) is 0 Å². The summed E-state index contributed by atoms with van der Waals surface area (Å²) in [5, 5.41) is 6.26. The van der Waals surface area contributed by atoms with Crippen LogP contribution < -0.4 is 5.32 Å². The number of hydrogen-bond acceptors (Lipinski definition) is 5. The van der Waals surface area contributed by atoms with Crippen molar-refractivity contribution >= 4 is 11.9 Å². The molecule has 0 bridgehead atoms. The molecular weight excluding hydrogens is 420 g/mol. The second kappa shape index (κ2) is 7.18. The number of rotatable bonds is 4. The van der Waals surface area contributed by atoms with Gasteiger partial charge in [0.1, 0.15) is 17.9 Å². The predicted molar refractivity (Wildman–Crippen MR) is 97.6 cm³/mol. The van der Waals surface area contributed by atoms with E-state index in [1.54, 1.807) is 0 Å². The van der Waals surface area contributed by atoms with E-state index in [-0.39, 0.29) is 23.8 Å². The molecule has 31 heavy (non-hydrogen) atoms. The number of carbonyl (C=O) groups is 2. The molecule has 2 heterocycles. The van der Waals surface area contributed by atoms with Crippen molar-refractivity contribution in [2.45, 2.75) is 25.2 Å². The van der Waals surface area contributed by atoms with Crippen LogP contribution in [0.1, 0.15) is 23.9 Å². The van der Waals surface area contributed by atoms with E-state index < -0.39 is 35.0 Å². The normalized spacial score (nSPS) is 19.1. The van der Waals surface area contributed by atoms with Crippen molar-refractivity contribution in [2.24, 2.45) is 0 Å². The lowest BCUT2D eigenvalue weighted by molar-refractivity contribution is -0.137. The van der Waals surface area contributed by atoms with Gasteiger partial charge in [-0.3, -0.25) is 9.69 Å². The highest BCUT2D eigenvalue weighted by Crippen LogP contribution is 2.31. The minimum Gasteiger partial charge on any atom is -0.337 e. The molecule has 1 aromatic heterocycles. The smallest absolute Gasteiger partial charge is 0.337 e. The molecule has 3 aromatic rings. The zero-order valence-corrected chi connectivity index (χ0v) is 15.9. The average molecular weight is 434 g/mol. The van der Waals surface area contributed by atoms with Crippen LogP contribution >= 0.6 is 0 Å². The third kappa shape index (κ3) is 3.74. The third-order valence-electron chi connectivity index (χ3n) is 4.93. The summed E-state index contributed by atoms with van der Waals surface area (Å²) in [5.41, 5.74) is -1.55. The highest BCUT2D eigenvalue weighted by atomic mass is 19.4. The number of hydrogen-bond donors (Lipinski definition) is 1. The minimum absolute atomic E-state index is 0.0112. The Labute approximate surface area is 172 Å². The van der Waals surface area contributed by atoms with E-state index in [4.69, 9.17) is 4.52 Å². The fraction of sp³-hybridized carbons (Fsp3) is 0.200. The molecule has 0 spiro atoms. The number of aromatic nitrogens is 2. The van der Waals surface area contributed by atoms with Crippen molar-refractivity contribution in [2.75, 3.05) is 0 Å². The van der Waals surface area contributed by atoms with E-state index in [0.29, 0.717) is 5.56 Å². The highest BCUT2D eigenvalue weighted by molar-refractivity contribution is 6.07. The molecule has 3 amide bonds. The van der Waals surface area contributed by atoms with Gasteiger partial charge >= 0.3 is 12.2 Å². The Morgan fingerprint density at radius 3 is 2.32 bits per heavy atom. The van der Waals surface area contributed by atoms with Crippen molar-refractivity contribution in [3.63, 3.8) is 0 Å². The van der Waals surface area contributed by atoms with E-state index in [1.165, 1.54) is 43.3 Å². The standard InChI is InChI=1S/C20H14F4N4O3/c1-19(12-6-8-14(21)9-7-12)17(29)28(18(30)26-19)10-15-25-16(27-31-15)11-2-4-13(5-3-11)20(22,23)24/h2-9H,10H2,1H3,(H,26,30). The molecule has 1 fully saturated rings. The first kappa shape index (κ1) is 20.5. The summed E-state index contributed by atoms with van der Waals surface area (Å²) in [6.45, 7) is 1.15. The summed E-state index contributed by atoms with van der Waals surface area (Å²) in [5.74, 6) is -1.15. The molecule has 0 radical (unpaired) electrons. The number of imide groups is 1. The summed E-state index contributed by atoms with van der Waals surface area (Å²) in [7, 11) is 0. The number of nitrogens with one attached hydrogen (secondary N) is 1. The number of carbonyl (C=O) groups excluding carboxylic acids is 2. The van der Waals surface area contributed by atoms with Crippen LogP contribution in [0.5, 0.6) is 0 Å².